The van der Waals surface area contributed by atoms with Crippen molar-refractivity contribution in [3.63, 3.8) is 0 Å². The lowest BCUT2D eigenvalue weighted by Gasteiger charge is -2.27. The number of phenols is 1. The fraction of sp³-hybridized carbons (Fsp3) is 0.378. The van der Waals surface area contributed by atoms with Gasteiger partial charge >= 0.3 is 17.6 Å². The van der Waals surface area contributed by atoms with Crippen LogP contribution < -0.4 is 32.2 Å². The largest absolute Gasteiger partial charge is 0.508 e. The third-order valence-electron chi connectivity index (χ3n) is 7.82. The molecule has 0 radical (unpaired) electrons. The van der Waals surface area contributed by atoms with Crippen molar-refractivity contribution in [3.05, 3.63) is 70.1 Å². The first kappa shape index (κ1) is 45.4. The molecule has 0 aliphatic carbocycles. The van der Waals surface area contributed by atoms with Gasteiger partial charge in [-0.05, 0) is 55.2 Å². The van der Waals surface area contributed by atoms with Gasteiger partial charge < -0.3 is 51.4 Å². The number of hydrogen-bond acceptors (Lipinski definition) is 11. The molecule has 9 N–H and O–H groups in total. The molecule has 0 aliphatic heterocycles. The molecule has 56 heavy (non-hydrogen) atoms. The molecule has 0 aliphatic rings. The molecule has 0 unspecified atom stereocenters. The number of carbonyl (C=O) groups excluding carboxylic acids is 5. The Morgan fingerprint density at radius 2 is 1.34 bits per heavy atom. The number of amides is 5. The summed E-state index contributed by atoms with van der Waals surface area (Å²) in [6.45, 7) is 7.30. The second kappa shape index (κ2) is 21.2. The van der Waals surface area contributed by atoms with Crippen molar-refractivity contribution < 1.29 is 63.2 Å². The Kier molecular flexibility index (Phi) is 17.2. The Balaban J connectivity index is 0.00000258. The number of carboxylic acid groups (broad SMARTS) is 3. The molecular weight excluding hydrogens is 738 g/mol. The number of fused-ring (bicyclic) bond motifs is 1. The van der Waals surface area contributed by atoms with Gasteiger partial charge in [-0.25, -0.2) is 4.79 Å². The number of carboxylic acids is 3. The van der Waals surface area contributed by atoms with E-state index >= 15 is 0 Å². The quantitative estimate of drug-likeness (QED) is 0.0865. The molecule has 1 heterocycles. The average Bonchev–Trinajstić information content (AvgIpc) is 3.08. The topological polar surface area (TPSA) is 308 Å². The van der Waals surface area contributed by atoms with Crippen LogP contribution in [0.4, 0.5) is 5.69 Å². The molecule has 0 saturated heterocycles. The van der Waals surface area contributed by atoms with Crippen LogP contribution in [0.25, 0.3) is 11.0 Å². The fourth-order valence-electron chi connectivity index (χ4n) is 5.03. The average molecular weight is 784 g/mol. The van der Waals surface area contributed by atoms with Crippen LogP contribution >= 0.6 is 0 Å². The van der Waals surface area contributed by atoms with E-state index in [0.29, 0.717) is 16.5 Å². The van der Waals surface area contributed by atoms with Crippen molar-refractivity contribution in [2.24, 2.45) is 5.92 Å². The summed E-state index contributed by atoms with van der Waals surface area (Å²) in [4.78, 5) is 109. The highest BCUT2D eigenvalue weighted by Crippen LogP contribution is 2.21. The molecular formula is C37H45N5O14. The van der Waals surface area contributed by atoms with Crippen molar-refractivity contribution in [1.82, 2.24) is 21.3 Å². The van der Waals surface area contributed by atoms with Crippen LogP contribution in [0.1, 0.15) is 58.1 Å². The predicted molar refractivity (Wildman–Crippen MR) is 198 cm³/mol. The predicted octanol–water partition coefficient (Wildman–Crippen LogP) is 1.03. The van der Waals surface area contributed by atoms with Crippen LogP contribution in [-0.4, -0.2) is 92.0 Å². The zero-order valence-electron chi connectivity index (χ0n) is 31.2. The Morgan fingerprint density at radius 3 is 1.91 bits per heavy atom. The van der Waals surface area contributed by atoms with Gasteiger partial charge in [-0.3, -0.25) is 38.4 Å². The number of hydrogen-bond donors (Lipinski definition) is 9. The summed E-state index contributed by atoms with van der Waals surface area (Å²) in [5.74, 6) is -8.16. The van der Waals surface area contributed by atoms with E-state index in [-0.39, 0.29) is 23.4 Å². The lowest BCUT2D eigenvalue weighted by atomic mass is 10.0. The summed E-state index contributed by atoms with van der Waals surface area (Å²) >= 11 is 0. The standard InChI is InChI=1S/C35H41N5O12.C2H4O2/c1-17(2)31(40-34(50)24(38-27(42)11-12-28(43)44)14-20-5-8-22(41)9-6-20)35(51)36-19(4)32(48)39-25(16-29(45)46)33(49)37-21-7-10-23-18(3)13-30(47)52-26(23)15-21;1-2(3)4/h5-10,13,15,17,19,24-25,31,41H,11-12,14,16H2,1-4H3,(H,36,51)(H,37,49)(H,38,42)(H,39,48)(H,40,50)(H,43,44)(H,45,46);1H3,(H,3,4)/t19-,24-,25-,31-;/m0./s1. The molecule has 3 rings (SSSR count). The minimum absolute atomic E-state index is 0.0315. The maximum absolute atomic E-state index is 13.4. The first-order valence-corrected chi connectivity index (χ1v) is 17.1. The molecule has 19 heteroatoms. The molecule has 302 valence electrons. The number of aryl methyl sites for hydroxylation is 1. The number of rotatable bonds is 17. The minimum atomic E-state index is -1.59. The van der Waals surface area contributed by atoms with Crippen LogP contribution in [-0.2, 0) is 44.8 Å². The van der Waals surface area contributed by atoms with Crippen molar-refractivity contribution in [3.8, 4) is 5.75 Å². The molecule has 5 amide bonds. The van der Waals surface area contributed by atoms with Crippen LogP contribution in [0.5, 0.6) is 5.75 Å². The van der Waals surface area contributed by atoms with Crippen molar-refractivity contribution >= 4 is 64.1 Å². The Morgan fingerprint density at radius 1 is 0.714 bits per heavy atom. The summed E-state index contributed by atoms with van der Waals surface area (Å²) in [6, 6.07) is 6.18. The van der Waals surface area contributed by atoms with Crippen LogP contribution in [0.3, 0.4) is 0 Å². The number of benzene rings is 2. The van der Waals surface area contributed by atoms with Gasteiger partial charge in [0.25, 0.3) is 5.97 Å². The third-order valence-corrected chi connectivity index (χ3v) is 7.82. The molecule has 2 aromatic carbocycles. The number of phenolic OH excluding ortho intramolecular Hbond substituents is 1. The number of nitrogens with one attached hydrogen (secondary N) is 5. The molecule has 0 fully saturated rings. The number of anilines is 1. The second-order valence-corrected chi connectivity index (χ2v) is 13.0. The lowest BCUT2D eigenvalue weighted by molar-refractivity contribution is -0.140. The summed E-state index contributed by atoms with van der Waals surface area (Å²) in [6.07, 6.45) is -1.77. The lowest BCUT2D eigenvalue weighted by Crippen LogP contribution is -2.59. The summed E-state index contributed by atoms with van der Waals surface area (Å²) in [7, 11) is 0. The summed E-state index contributed by atoms with van der Waals surface area (Å²) in [5, 5.41) is 48.3. The molecule has 0 spiro atoms. The molecule has 0 saturated carbocycles. The van der Waals surface area contributed by atoms with Crippen LogP contribution in [0.15, 0.2) is 57.7 Å². The van der Waals surface area contributed by atoms with Crippen molar-refractivity contribution in [1.29, 1.82) is 0 Å². The maximum Gasteiger partial charge on any atom is 0.336 e. The van der Waals surface area contributed by atoms with Gasteiger partial charge in [0, 0.05) is 43.0 Å². The van der Waals surface area contributed by atoms with Gasteiger partial charge in [0.05, 0.1) is 12.8 Å². The summed E-state index contributed by atoms with van der Waals surface area (Å²) < 4.78 is 5.18. The van der Waals surface area contributed by atoms with E-state index in [1.807, 2.05) is 0 Å². The third kappa shape index (κ3) is 15.3. The summed E-state index contributed by atoms with van der Waals surface area (Å²) in [5.41, 5.74) is 0.915. The fourth-order valence-corrected chi connectivity index (χ4v) is 5.03. The highest BCUT2D eigenvalue weighted by molar-refractivity contribution is 6.01. The zero-order valence-corrected chi connectivity index (χ0v) is 31.2. The number of aliphatic carboxylic acids is 3. The van der Waals surface area contributed by atoms with Gasteiger partial charge in [0.2, 0.25) is 29.5 Å². The highest BCUT2D eigenvalue weighted by Gasteiger charge is 2.32. The minimum Gasteiger partial charge on any atom is -0.508 e. The maximum atomic E-state index is 13.4. The molecule has 3 aromatic rings. The Labute approximate surface area is 319 Å². The van der Waals surface area contributed by atoms with Crippen LogP contribution in [0.2, 0.25) is 0 Å². The molecule has 0 bridgehead atoms. The van der Waals surface area contributed by atoms with E-state index in [1.54, 1.807) is 26.8 Å². The van der Waals surface area contributed by atoms with Gasteiger partial charge in [-0.1, -0.05) is 26.0 Å². The Bertz CT molecular complexity index is 1990. The first-order chi connectivity index (χ1) is 26.2. The molecule has 19 nitrogen and oxygen atoms in total. The van der Waals surface area contributed by atoms with E-state index in [1.165, 1.54) is 49.4 Å². The smallest absolute Gasteiger partial charge is 0.336 e. The SMILES string of the molecule is CC(=O)O.Cc1cc(=O)oc2cc(NC(=O)[C@H](CC(=O)O)NC(=O)[C@H](C)NC(=O)[C@@H](NC(=O)[C@H](Cc3ccc(O)cc3)NC(=O)CCC(=O)O)C(C)C)ccc12. The van der Waals surface area contributed by atoms with Gasteiger partial charge in [0.15, 0.2) is 0 Å². The van der Waals surface area contributed by atoms with E-state index < -0.39 is 102 Å². The molecule has 4 atom stereocenters. The van der Waals surface area contributed by atoms with Crippen molar-refractivity contribution in [2.75, 3.05) is 5.32 Å². The van der Waals surface area contributed by atoms with E-state index in [4.69, 9.17) is 19.4 Å². The zero-order chi connectivity index (χ0) is 42.3. The number of carbonyl (C=O) groups is 8. The van der Waals surface area contributed by atoms with E-state index in [2.05, 4.69) is 26.6 Å². The highest BCUT2D eigenvalue weighted by atomic mass is 16.4. The second-order valence-electron chi connectivity index (χ2n) is 13.0. The monoisotopic (exact) mass is 783 g/mol. The first-order valence-electron chi connectivity index (χ1n) is 17.1. The van der Waals surface area contributed by atoms with Gasteiger partial charge in [-0.2, -0.15) is 0 Å². The van der Waals surface area contributed by atoms with E-state index in [9.17, 15) is 48.6 Å². The Hall–Kier alpha value is -6.79. The molecule has 1 aromatic heterocycles. The van der Waals surface area contributed by atoms with Gasteiger partial charge in [-0.15, -0.1) is 0 Å². The van der Waals surface area contributed by atoms with E-state index in [0.717, 1.165) is 6.92 Å². The normalized spacial score (nSPS) is 12.8. The number of aromatic hydroxyl groups is 1. The van der Waals surface area contributed by atoms with Gasteiger partial charge in [0.1, 0.15) is 35.5 Å². The van der Waals surface area contributed by atoms with Crippen LogP contribution in [0, 0.1) is 12.8 Å². The van der Waals surface area contributed by atoms with Crippen molar-refractivity contribution in [2.45, 2.75) is 84.5 Å².